The van der Waals surface area contributed by atoms with E-state index < -0.39 is 5.92 Å². The van der Waals surface area contributed by atoms with Crippen LogP contribution < -0.4 is 4.74 Å². The van der Waals surface area contributed by atoms with Gasteiger partial charge in [-0.05, 0) is 11.6 Å². The van der Waals surface area contributed by atoms with Crippen molar-refractivity contribution >= 4 is 5.91 Å². The van der Waals surface area contributed by atoms with E-state index in [9.17, 15) is 14.9 Å². The third-order valence-corrected chi connectivity index (χ3v) is 3.89. The summed E-state index contributed by atoms with van der Waals surface area (Å²) in [5.74, 6) is -0.105. The van der Waals surface area contributed by atoms with E-state index in [2.05, 4.69) is 0 Å². The fourth-order valence-electron chi connectivity index (χ4n) is 2.53. The maximum Gasteiger partial charge on any atom is 0.222 e. The monoisotopic (exact) mass is 342 g/mol. The number of para-hydroxylation sites is 1. The van der Waals surface area contributed by atoms with E-state index in [4.69, 9.17) is 4.74 Å². The van der Waals surface area contributed by atoms with Crippen LogP contribution in [0.5, 0.6) is 5.75 Å². The average Bonchev–Trinajstić information content (AvgIpc) is 2.60. The van der Waals surface area contributed by atoms with Gasteiger partial charge in [-0.15, -0.1) is 0 Å². The number of hydrogen-bond acceptors (Lipinski definition) is 4. The Morgan fingerprint density at radius 1 is 1.12 bits per heavy atom. The fraction of sp³-hybridized carbons (Fsp3) is 0.316. The van der Waals surface area contributed by atoms with Crippen LogP contribution in [0.15, 0.2) is 54.6 Å². The largest absolute Gasteiger partial charge is 0.489 e. The zero-order chi connectivity index (χ0) is 18.2. The van der Waals surface area contributed by atoms with Crippen molar-refractivity contribution in [1.29, 1.82) is 0 Å². The van der Waals surface area contributed by atoms with Crippen LogP contribution in [-0.2, 0) is 11.4 Å². The van der Waals surface area contributed by atoms with E-state index >= 15 is 0 Å². The second kappa shape index (κ2) is 8.82. The molecule has 0 saturated heterocycles. The summed E-state index contributed by atoms with van der Waals surface area (Å²) in [5, 5.41) is 11.1. The van der Waals surface area contributed by atoms with Gasteiger partial charge < -0.3 is 9.64 Å². The van der Waals surface area contributed by atoms with Crippen LogP contribution in [0.4, 0.5) is 0 Å². The molecule has 2 aromatic carbocycles. The third kappa shape index (κ3) is 5.60. The topological polar surface area (TPSA) is 72.7 Å². The van der Waals surface area contributed by atoms with Gasteiger partial charge in [0.25, 0.3) is 0 Å². The molecule has 0 saturated carbocycles. The highest BCUT2D eigenvalue weighted by molar-refractivity contribution is 5.76. The number of benzene rings is 2. The van der Waals surface area contributed by atoms with E-state index in [1.165, 1.54) is 4.90 Å². The van der Waals surface area contributed by atoms with Gasteiger partial charge in [0.1, 0.15) is 12.4 Å². The molecule has 0 fully saturated rings. The Morgan fingerprint density at radius 3 is 2.40 bits per heavy atom. The molecule has 2 rings (SSSR count). The highest BCUT2D eigenvalue weighted by Crippen LogP contribution is 2.30. The summed E-state index contributed by atoms with van der Waals surface area (Å²) in [4.78, 5) is 24.2. The highest BCUT2D eigenvalue weighted by Gasteiger charge is 2.25. The summed E-state index contributed by atoms with van der Waals surface area (Å²) in [5.41, 5.74) is 1.69. The SMILES string of the molecule is CN(C)C(=O)CC(C[N+](=O)[O-])c1ccccc1OCc1ccccc1. The summed E-state index contributed by atoms with van der Waals surface area (Å²) < 4.78 is 5.88. The van der Waals surface area contributed by atoms with Crippen molar-refractivity contribution < 1.29 is 14.5 Å². The first kappa shape index (κ1) is 18.4. The molecule has 6 heteroatoms. The molecule has 0 aliphatic heterocycles. The van der Waals surface area contributed by atoms with Crippen molar-refractivity contribution in [3.8, 4) is 5.75 Å². The molecule has 0 radical (unpaired) electrons. The third-order valence-electron chi connectivity index (χ3n) is 3.89. The van der Waals surface area contributed by atoms with E-state index in [-0.39, 0.29) is 23.8 Å². The number of carbonyl (C=O) groups is 1. The van der Waals surface area contributed by atoms with Crippen molar-refractivity contribution in [3.05, 3.63) is 75.8 Å². The lowest BCUT2D eigenvalue weighted by Crippen LogP contribution is -2.26. The summed E-state index contributed by atoms with van der Waals surface area (Å²) in [6.45, 7) is 0.0515. The van der Waals surface area contributed by atoms with E-state index in [1.807, 2.05) is 36.4 Å². The number of hydrogen-bond donors (Lipinski definition) is 0. The van der Waals surface area contributed by atoms with Gasteiger partial charge in [-0.1, -0.05) is 48.5 Å². The molecule has 132 valence electrons. The number of nitro groups is 1. The van der Waals surface area contributed by atoms with Gasteiger partial charge in [0, 0.05) is 31.0 Å². The van der Waals surface area contributed by atoms with Crippen LogP contribution >= 0.6 is 0 Å². The van der Waals surface area contributed by atoms with Crippen LogP contribution in [-0.4, -0.2) is 36.4 Å². The summed E-state index contributed by atoms with van der Waals surface area (Å²) in [6.07, 6.45) is 0.0691. The van der Waals surface area contributed by atoms with Crippen molar-refractivity contribution in [3.63, 3.8) is 0 Å². The zero-order valence-corrected chi connectivity index (χ0v) is 14.4. The maximum absolute atomic E-state index is 12.1. The number of nitrogens with zero attached hydrogens (tertiary/aromatic N) is 2. The van der Waals surface area contributed by atoms with Gasteiger partial charge in [0.2, 0.25) is 12.5 Å². The van der Waals surface area contributed by atoms with Crippen molar-refractivity contribution in [1.82, 2.24) is 4.90 Å². The lowest BCUT2D eigenvalue weighted by Gasteiger charge is -2.19. The van der Waals surface area contributed by atoms with Crippen LogP contribution in [0.3, 0.4) is 0 Å². The van der Waals surface area contributed by atoms with Crippen LogP contribution in [0.1, 0.15) is 23.5 Å². The van der Waals surface area contributed by atoms with Crippen molar-refractivity contribution in [2.45, 2.75) is 18.9 Å². The first-order chi connectivity index (χ1) is 12.0. The molecule has 6 nitrogen and oxygen atoms in total. The summed E-state index contributed by atoms with van der Waals surface area (Å²) in [7, 11) is 3.28. The Labute approximate surface area is 147 Å². The Balaban J connectivity index is 2.21. The molecular weight excluding hydrogens is 320 g/mol. The second-order valence-corrected chi connectivity index (χ2v) is 6.02. The number of amides is 1. The van der Waals surface area contributed by atoms with E-state index in [0.29, 0.717) is 17.9 Å². The number of carbonyl (C=O) groups excluding carboxylic acids is 1. The average molecular weight is 342 g/mol. The summed E-state index contributed by atoms with van der Waals surface area (Å²) >= 11 is 0. The van der Waals surface area contributed by atoms with Crippen molar-refractivity contribution in [2.24, 2.45) is 0 Å². The number of rotatable bonds is 8. The van der Waals surface area contributed by atoms with Crippen LogP contribution in [0.2, 0.25) is 0 Å². The predicted molar refractivity (Wildman–Crippen MR) is 95.1 cm³/mol. The predicted octanol–water partition coefficient (Wildman–Crippen LogP) is 3.10. The molecule has 25 heavy (non-hydrogen) atoms. The molecule has 0 heterocycles. The number of ether oxygens (including phenoxy) is 1. The first-order valence-corrected chi connectivity index (χ1v) is 8.05. The molecule has 1 atom stereocenters. The van der Waals surface area contributed by atoms with Gasteiger partial charge >= 0.3 is 0 Å². The lowest BCUT2D eigenvalue weighted by molar-refractivity contribution is -0.483. The van der Waals surface area contributed by atoms with Gasteiger partial charge in [-0.3, -0.25) is 14.9 Å². The zero-order valence-electron chi connectivity index (χ0n) is 14.4. The van der Waals surface area contributed by atoms with Crippen LogP contribution in [0.25, 0.3) is 0 Å². The molecule has 0 aromatic heterocycles. The Hall–Kier alpha value is -2.89. The minimum Gasteiger partial charge on any atom is -0.489 e. The summed E-state index contributed by atoms with van der Waals surface area (Å²) in [6, 6.07) is 16.9. The minimum atomic E-state index is -0.531. The van der Waals surface area contributed by atoms with Crippen LogP contribution in [0, 0.1) is 10.1 Å². The highest BCUT2D eigenvalue weighted by atomic mass is 16.6. The minimum absolute atomic E-state index is 0.0691. The Morgan fingerprint density at radius 2 is 1.76 bits per heavy atom. The Kier molecular flexibility index (Phi) is 6.51. The molecule has 1 amide bonds. The molecule has 2 aromatic rings. The Bertz CT molecular complexity index is 716. The smallest absolute Gasteiger partial charge is 0.222 e. The standard InChI is InChI=1S/C19H22N2O4/c1-20(2)19(22)12-16(13-21(23)24)17-10-6-7-11-18(17)25-14-15-8-4-3-5-9-15/h3-11,16H,12-14H2,1-2H3. The molecule has 0 N–H and O–H groups in total. The molecule has 0 bridgehead atoms. The lowest BCUT2D eigenvalue weighted by atomic mass is 9.94. The van der Waals surface area contributed by atoms with E-state index in [0.717, 1.165) is 5.56 Å². The molecule has 0 aliphatic carbocycles. The molecule has 1 unspecified atom stereocenters. The quantitative estimate of drug-likeness (QED) is 0.546. The maximum atomic E-state index is 12.1. The van der Waals surface area contributed by atoms with Crippen molar-refractivity contribution in [2.75, 3.05) is 20.6 Å². The fourth-order valence-corrected chi connectivity index (χ4v) is 2.53. The molecule has 0 spiro atoms. The van der Waals surface area contributed by atoms with Gasteiger partial charge in [0.15, 0.2) is 0 Å². The van der Waals surface area contributed by atoms with E-state index in [1.54, 1.807) is 32.3 Å². The first-order valence-electron chi connectivity index (χ1n) is 8.05. The second-order valence-electron chi connectivity index (χ2n) is 6.02. The van der Waals surface area contributed by atoms with Gasteiger partial charge in [-0.25, -0.2) is 0 Å². The van der Waals surface area contributed by atoms with Gasteiger partial charge in [-0.2, -0.15) is 0 Å². The normalized spacial score (nSPS) is 11.6. The van der Waals surface area contributed by atoms with Gasteiger partial charge in [0.05, 0.1) is 5.92 Å². The molecular formula is C19H22N2O4. The molecule has 0 aliphatic rings.